The lowest BCUT2D eigenvalue weighted by atomic mass is 10.2. The second-order valence-corrected chi connectivity index (χ2v) is 5.84. The van der Waals surface area contributed by atoms with Gasteiger partial charge in [0.05, 0.1) is 11.8 Å². The first-order valence-electron chi connectivity index (χ1n) is 7.53. The van der Waals surface area contributed by atoms with Gasteiger partial charge in [-0.15, -0.1) is 0 Å². The van der Waals surface area contributed by atoms with Crippen molar-refractivity contribution in [1.82, 2.24) is 20.0 Å². The zero-order valence-electron chi connectivity index (χ0n) is 13.9. The number of nitrogens with zero attached hydrogens (tertiary/aromatic N) is 3. The van der Waals surface area contributed by atoms with Gasteiger partial charge >= 0.3 is 5.97 Å². The van der Waals surface area contributed by atoms with Crippen molar-refractivity contribution < 1.29 is 19.5 Å². The molecule has 0 saturated carbocycles. The van der Waals surface area contributed by atoms with E-state index in [4.69, 9.17) is 0 Å². The van der Waals surface area contributed by atoms with Gasteiger partial charge in [-0.05, 0) is 12.8 Å². The molecule has 0 aliphatic heterocycles. The molecule has 8 nitrogen and oxygen atoms in total. The predicted molar refractivity (Wildman–Crippen MR) is 83.9 cm³/mol. The molecular formula is C15H24N4O4. The highest BCUT2D eigenvalue weighted by Crippen LogP contribution is 2.09. The molecule has 1 rings (SSSR count). The number of aromatic nitrogens is 2. The van der Waals surface area contributed by atoms with Crippen LogP contribution in [0.3, 0.4) is 0 Å². The minimum Gasteiger partial charge on any atom is -0.480 e. The predicted octanol–water partition coefficient (Wildman–Crippen LogP) is 0.590. The number of nitrogens with one attached hydrogen (secondary N) is 1. The van der Waals surface area contributed by atoms with Crippen LogP contribution >= 0.6 is 0 Å². The number of carboxylic acids is 1. The largest absolute Gasteiger partial charge is 0.480 e. The van der Waals surface area contributed by atoms with Crippen LogP contribution in [0.1, 0.15) is 38.1 Å². The summed E-state index contributed by atoms with van der Waals surface area (Å²) in [6.07, 6.45) is 3.05. The van der Waals surface area contributed by atoms with Crippen molar-refractivity contribution in [3.63, 3.8) is 0 Å². The van der Waals surface area contributed by atoms with Crippen molar-refractivity contribution in [2.24, 2.45) is 5.92 Å². The van der Waals surface area contributed by atoms with E-state index < -0.39 is 17.9 Å². The van der Waals surface area contributed by atoms with Gasteiger partial charge < -0.3 is 15.3 Å². The zero-order valence-corrected chi connectivity index (χ0v) is 13.9. The summed E-state index contributed by atoms with van der Waals surface area (Å²) in [6, 6.07) is -0.996. The summed E-state index contributed by atoms with van der Waals surface area (Å²) in [5.74, 6) is -1.37. The highest BCUT2D eigenvalue weighted by molar-refractivity contribution is 5.96. The Morgan fingerprint density at radius 3 is 2.52 bits per heavy atom. The molecule has 1 aromatic heterocycles. The lowest BCUT2D eigenvalue weighted by molar-refractivity contribution is -0.141. The van der Waals surface area contributed by atoms with Gasteiger partial charge in [-0.3, -0.25) is 14.3 Å². The molecule has 0 aliphatic rings. The Hall–Kier alpha value is -2.38. The maximum absolute atomic E-state index is 12.6. The number of amides is 2. The van der Waals surface area contributed by atoms with Crippen LogP contribution in [0.2, 0.25) is 0 Å². The summed E-state index contributed by atoms with van der Waals surface area (Å²) >= 11 is 0. The second kappa shape index (κ2) is 8.30. The van der Waals surface area contributed by atoms with Crippen LogP contribution in [0.25, 0.3) is 0 Å². The Labute approximate surface area is 135 Å². The molecule has 1 unspecified atom stereocenters. The Bertz CT molecular complexity index is 568. The first-order chi connectivity index (χ1) is 10.7. The number of rotatable bonds is 8. The van der Waals surface area contributed by atoms with E-state index in [1.807, 2.05) is 13.8 Å². The van der Waals surface area contributed by atoms with Crippen molar-refractivity contribution in [2.45, 2.75) is 40.3 Å². The normalized spacial score (nSPS) is 12.0. The summed E-state index contributed by atoms with van der Waals surface area (Å²) in [5, 5.41) is 15.9. The lowest BCUT2D eigenvalue weighted by Crippen LogP contribution is -2.46. The van der Waals surface area contributed by atoms with Gasteiger partial charge in [0.15, 0.2) is 0 Å². The fourth-order valence-corrected chi connectivity index (χ4v) is 2.07. The van der Waals surface area contributed by atoms with Crippen LogP contribution in [0.5, 0.6) is 0 Å². The number of carbonyl (C=O) groups excluding carboxylic acids is 2. The molecule has 0 fully saturated rings. The first-order valence-corrected chi connectivity index (χ1v) is 7.53. The van der Waals surface area contributed by atoms with Gasteiger partial charge in [0.25, 0.3) is 5.91 Å². The van der Waals surface area contributed by atoms with E-state index in [1.54, 1.807) is 10.9 Å². The molecular weight excluding hydrogens is 300 g/mol. The minimum atomic E-state index is -1.10. The maximum atomic E-state index is 12.6. The van der Waals surface area contributed by atoms with E-state index in [1.165, 1.54) is 24.9 Å². The third kappa shape index (κ3) is 5.72. The smallest absolute Gasteiger partial charge is 0.326 e. The standard InChI is InChI=1S/C15H24N4O4/c1-10(2)8-18-9-13(7-17-18)14(21)19(11(3)15(22)23)6-5-16-12(4)20/h7,9-11H,5-6,8H2,1-4H3,(H,16,20)(H,22,23). The molecule has 0 aromatic carbocycles. The molecule has 8 heteroatoms. The maximum Gasteiger partial charge on any atom is 0.326 e. The third-order valence-electron chi connectivity index (χ3n) is 3.24. The van der Waals surface area contributed by atoms with Crippen LogP contribution < -0.4 is 5.32 Å². The van der Waals surface area contributed by atoms with Crippen LogP contribution in [-0.4, -0.2) is 56.7 Å². The van der Waals surface area contributed by atoms with Crippen molar-refractivity contribution in [3.05, 3.63) is 18.0 Å². The van der Waals surface area contributed by atoms with E-state index in [9.17, 15) is 19.5 Å². The molecule has 2 N–H and O–H groups in total. The summed E-state index contributed by atoms with van der Waals surface area (Å²) in [7, 11) is 0. The van der Waals surface area contributed by atoms with Crippen LogP contribution in [0.15, 0.2) is 12.4 Å². The quantitative estimate of drug-likeness (QED) is 0.728. The fourth-order valence-electron chi connectivity index (χ4n) is 2.07. The molecule has 1 aromatic rings. The van der Waals surface area contributed by atoms with Gasteiger partial charge in [0.1, 0.15) is 6.04 Å². The average Bonchev–Trinajstić information content (AvgIpc) is 2.89. The van der Waals surface area contributed by atoms with Crippen molar-refractivity contribution >= 4 is 17.8 Å². The van der Waals surface area contributed by atoms with E-state index in [2.05, 4.69) is 10.4 Å². The van der Waals surface area contributed by atoms with Crippen molar-refractivity contribution in [3.8, 4) is 0 Å². The fraction of sp³-hybridized carbons (Fsp3) is 0.600. The Morgan fingerprint density at radius 1 is 1.35 bits per heavy atom. The van der Waals surface area contributed by atoms with Crippen LogP contribution in [-0.2, 0) is 16.1 Å². The third-order valence-corrected chi connectivity index (χ3v) is 3.24. The Kier molecular flexibility index (Phi) is 6.74. The summed E-state index contributed by atoms with van der Waals surface area (Å²) in [4.78, 5) is 35.9. The number of carbonyl (C=O) groups is 3. The molecule has 2 amide bonds. The highest BCUT2D eigenvalue weighted by Gasteiger charge is 2.27. The molecule has 23 heavy (non-hydrogen) atoms. The summed E-state index contributed by atoms with van der Waals surface area (Å²) in [5.41, 5.74) is 0.335. The molecule has 1 heterocycles. The monoisotopic (exact) mass is 324 g/mol. The highest BCUT2D eigenvalue weighted by atomic mass is 16.4. The molecule has 0 spiro atoms. The second-order valence-electron chi connectivity index (χ2n) is 5.84. The topological polar surface area (TPSA) is 105 Å². The molecule has 1 atom stereocenters. The lowest BCUT2D eigenvalue weighted by Gasteiger charge is -2.26. The molecule has 0 radical (unpaired) electrons. The van der Waals surface area contributed by atoms with Gasteiger partial charge in [0.2, 0.25) is 5.91 Å². The van der Waals surface area contributed by atoms with E-state index >= 15 is 0 Å². The van der Waals surface area contributed by atoms with E-state index in [-0.39, 0.29) is 19.0 Å². The molecule has 0 aliphatic carbocycles. The molecule has 0 bridgehead atoms. The summed E-state index contributed by atoms with van der Waals surface area (Å²) in [6.45, 7) is 7.85. The number of carboxylic acid groups (broad SMARTS) is 1. The van der Waals surface area contributed by atoms with E-state index in [0.717, 1.165) is 0 Å². The minimum absolute atomic E-state index is 0.112. The zero-order chi connectivity index (χ0) is 17.6. The van der Waals surface area contributed by atoms with Crippen molar-refractivity contribution in [2.75, 3.05) is 13.1 Å². The summed E-state index contributed by atoms with van der Waals surface area (Å²) < 4.78 is 1.66. The van der Waals surface area contributed by atoms with Crippen LogP contribution in [0.4, 0.5) is 0 Å². The van der Waals surface area contributed by atoms with Gasteiger partial charge in [0, 0.05) is 32.8 Å². The van der Waals surface area contributed by atoms with Crippen LogP contribution in [0, 0.1) is 5.92 Å². The number of hydrogen-bond acceptors (Lipinski definition) is 4. The molecule has 0 saturated heterocycles. The number of hydrogen-bond donors (Lipinski definition) is 2. The van der Waals surface area contributed by atoms with E-state index in [0.29, 0.717) is 18.0 Å². The number of aliphatic carboxylic acids is 1. The van der Waals surface area contributed by atoms with Gasteiger partial charge in [-0.25, -0.2) is 4.79 Å². The van der Waals surface area contributed by atoms with Gasteiger partial charge in [-0.2, -0.15) is 5.10 Å². The SMILES string of the molecule is CC(=O)NCCN(C(=O)c1cnn(CC(C)C)c1)C(C)C(=O)O. The van der Waals surface area contributed by atoms with Gasteiger partial charge in [-0.1, -0.05) is 13.8 Å². The Balaban J connectivity index is 2.87. The molecule has 128 valence electrons. The Morgan fingerprint density at radius 2 is 2.00 bits per heavy atom. The average molecular weight is 324 g/mol. The van der Waals surface area contributed by atoms with Crippen molar-refractivity contribution in [1.29, 1.82) is 0 Å². The first kappa shape index (κ1) is 18.7.